The molecule has 0 aliphatic carbocycles. The van der Waals surface area contributed by atoms with Crippen LogP contribution in [-0.4, -0.2) is 16.5 Å². The average Bonchev–Trinajstić information content (AvgIpc) is 2.53. The molecule has 0 bridgehead atoms. The van der Waals surface area contributed by atoms with Crippen molar-refractivity contribution in [1.82, 2.24) is 5.32 Å². The van der Waals surface area contributed by atoms with Gasteiger partial charge in [0.05, 0.1) is 16.0 Å². The highest BCUT2D eigenvalue weighted by Gasteiger charge is 2.26. The van der Waals surface area contributed by atoms with Crippen LogP contribution in [0.2, 0.25) is 0 Å². The molecule has 0 aliphatic heterocycles. The molecule has 0 aromatic heterocycles. The van der Waals surface area contributed by atoms with Gasteiger partial charge in [0.25, 0.3) is 0 Å². The molecular weight excluding hydrogens is 278 g/mol. The van der Waals surface area contributed by atoms with Crippen LogP contribution in [0.5, 0.6) is 0 Å². The largest absolute Gasteiger partial charge is 0.312 e. The van der Waals surface area contributed by atoms with Crippen LogP contribution in [0, 0.1) is 6.92 Å². The van der Waals surface area contributed by atoms with E-state index in [1.54, 1.807) is 0 Å². The Labute approximate surface area is 130 Å². The predicted molar refractivity (Wildman–Crippen MR) is 89.9 cm³/mol. The Kier molecular flexibility index (Phi) is 5.71. The third-order valence-electron chi connectivity index (χ3n) is 3.77. The topological polar surface area (TPSA) is 29.1 Å². The van der Waals surface area contributed by atoms with Crippen molar-refractivity contribution in [2.45, 2.75) is 36.5 Å². The first kappa shape index (κ1) is 15.9. The summed E-state index contributed by atoms with van der Waals surface area (Å²) >= 11 is 0. The van der Waals surface area contributed by atoms with E-state index in [1.807, 2.05) is 56.4 Å². The zero-order valence-electron chi connectivity index (χ0n) is 12.9. The Morgan fingerprint density at radius 2 is 1.67 bits per heavy atom. The minimum Gasteiger partial charge on any atom is -0.312 e. The molecule has 21 heavy (non-hydrogen) atoms. The zero-order valence-corrected chi connectivity index (χ0v) is 13.7. The second-order valence-corrected chi connectivity index (χ2v) is 6.91. The number of benzene rings is 2. The van der Waals surface area contributed by atoms with Gasteiger partial charge in [-0.2, -0.15) is 0 Å². The highest BCUT2D eigenvalue weighted by Crippen LogP contribution is 2.26. The molecule has 2 aromatic carbocycles. The molecule has 0 amide bonds. The molecule has 2 aromatic rings. The number of hydrogen-bond acceptors (Lipinski definition) is 2. The van der Waals surface area contributed by atoms with E-state index in [0.717, 1.165) is 11.3 Å². The maximum Gasteiger partial charge on any atom is 0.0586 e. The summed E-state index contributed by atoms with van der Waals surface area (Å²) in [5.41, 5.74) is 2.38. The summed E-state index contributed by atoms with van der Waals surface area (Å²) in [5, 5.41) is 3.39. The van der Waals surface area contributed by atoms with Crippen LogP contribution >= 0.6 is 0 Å². The fourth-order valence-corrected chi connectivity index (χ4v) is 4.18. The first-order valence-electron chi connectivity index (χ1n) is 7.36. The van der Waals surface area contributed by atoms with Crippen molar-refractivity contribution in [3.8, 4) is 0 Å². The monoisotopic (exact) mass is 301 g/mol. The third-order valence-corrected chi connectivity index (χ3v) is 5.66. The van der Waals surface area contributed by atoms with E-state index in [4.69, 9.17) is 0 Å². The van der Waals surface area contributed by atoms with Crippen LogP contribution in [0.15, 0.2) is 59.5 Å². The van der Waals surface area contributed by atoms with Crippen LogP contribution in [0.3, 0.4) is 0 Å². The van der Waals surface area contributed by atoms with E-state index < -0.39 is 10.8 Å². The summed E-state index contributed by atoms with van der Waals surface area (Å²) in [4.78, 5) is 0.906. The van der Waals surface area contributed by atoms with Gasteiger partial charge in [-0.1, -0.05) is 55.0 Å². The van der Waals surface area contributed by atoms with Crippen LogP contribution < -0.4 is 5.32 Å². The zero-order chi connectivity index (χ0) is 15.2. The molecule has 112 valence electrons. The van der Waals surface area contributed by atoms with Gasteiger partial charge in [-0.15, -0.1) is 0 Å². The fraction of sp³-hybridized carbons (Fsp3) is 0.333. The molecule has 2 nitrogen and oxygen atoms in total. The van der Waals surface area contributed by atoms with Gasteiger partial charge in [-0.25, -0.2) is 0 Å². The predicted octanol–water partition coefficient (Wildman–Crippen LogP) is 3.84. The van der Waals surface area contributed by atoms with Gasteiger partial charge in [0.15, 0.2) is 0 Å². The van der Waals surface area contributed by atoms with Gasteiger partial charge in [0, 0.05) is 10.9 Å². The maximum atomic E-state index is 12.9. The Hall–Kier alpha value is -1.45. The van der Waals surface area contributed by atoms with E-state index in [0.29, 0.717) is 0 Å². The van der Waals surface area contributed by atoms with Crippen molar-refractivity contribution in [2.75, 3.05) is 7.05 Å². The summed E-state index contributed by atoms with van der Waals surface area (Å²) in [6, 6.07) is 18.4. The van der Waals surface area contributed by atoms with Crippen LogP contribution in [0.25, 0.3) is 0 Å². The van der Waals surface area contributed by atoms with E-state index in [9.17, 15) is 4.21 Å². The number of hydrogen-bond donors (Lipinski definition) is 1. The van der Waals surface area contributed by atoms with Crippen LogP contribution in [0.4, 0.5) is 0 Å². The van der Waals surface area contributed by atoms with Crippen molar-refractivity contribution in [3.63, 3.8) is 0 Å². The third kappa shape index (κ3) is 3.80. The highest BCUT2D eigenvalue weighted by molar-refractivity contribution is 7.85. The Bertz CT molecular complexity index is 580. The molecule has 0 aliphatic rings. The lowest BCUT2D eigenvalue weighted by Crippen LogP contribution is -2.32. The Balaban J connectivity index is 2.29. The summed E-state index contributed by atoms with van der Waals surface area (Å²) in [6.07, 6.45) is 0.862. The molecule has 0 spiro atoms. The summed E-state index contributed by atoms with van der Waals surface area (Å²) in [5.74, 6) is 0. The molecule has 3 unspecified atom stereocenters. The van der Waals surface area contributed by atoms with Gasteiger partial charge in [0.1, 0.15) is 0 Å². The second-order valence-electron chi connectivity index (χ2n) is 5.23. The molecule has 0 heterocycles. The SMILES string of the molecule is CCC(C(NC)c1ccccc1)S(=O)c1ccc(C)cc1. The first-order chi connectivity index (χ1) is 10.2. The van der Waals surface area contributed by atoms with E-state index in [2.05, 4.69) is 24.4 Å². The number of rotatable bonds is 6. The quantitative estimate of drug-likeness (QED) is 0.878. The fourth-order valence-electron chi connectivity index (χ4n) is 2.59. The molecule has 3 atom stereocenters. The summed E-state index contributed by atoms with van der Waals surface area (Å²) in [6.45, 7) is 4.15. The van der Waals surface area contributed by atoms with Gasteiger partial charge in [0.2, 0.25) is 0 Å². The van der Waals surface area contributed by atoms with Crippen LogP contribution in [-0.2, 0) is 10.8 Å². The molecule has 0 radical (unpaired) electrons. The molecule has 2 rings (SSSR count). The molecule has 3 heteroatoms. The normalized spacial score (nSPS) is 15.4. The highest BCUT2D eigenvalue weighted by atomic mass is 32.2. The average molecular weight is 301 g/mol. The number of aryl methyl sites for hydroxylation is 1. The van der Waals surface area contributed by atoms with Crippen molar-refractivity contribution in [2.24, 2.45) is 0 Å². The molecular formula is C18H23NOS. The molecule has 0 fully saturated rings. The summed E-state index contributed by atoms with van der Waals surface area (Å²) in [7, 11) is 0.915. The van der Waals surface area contributed by atoms with E-state index in [-0.39, 0.29) is 11.3 Å². The van der Waals surface area contributed by atoms with E-state index >= 15 is 0 Å². The van der Waals surface area contributed by atoms with Crippen molar-refractivity contribution in [3.05, 3.63) is 65.7 Å². The van der Waals surface area contributed by atoms with E-state index in [1.165, 1.54) is 11.1 Å². The lowest BCUT2D eigenvalue weighted by molar-refractivity contribution is 0.539. The van der Waals surface area contributed by atoms with Crippen LogP contribution in [0.1, 0.15) is 30.5 Å². The molecule has 1 N–H and O–H groups in total. The molecule has 0 saturated heterocycles. The standard InChI is InChI=1S/C18H23NOS/c1-4-17(18(19-3)15-8-6-5-7-9-15)21(20)16-12-10-14(2)11-13-16/h5-13,17-19H,4H2,1-3H3. The summed E-state index contributed by atoms with van der Waals surface area (Å²) < 4.78 is 12.9. The minimum absolute atomic E-state index is 0.0557. The Morgan fingerprint density at radius 3 is 2.19 bits per heavy atom. The Morgan fingerprint density at radius 1 is 1.05 bits per heavy atom. The van der Waals surface area contributed by atoms with Crippen molar-refractivity contribution in [1.29, 1.82) is 0 Å². The van der Waals surface area contributed by atoms with Gasteiger partial charge in [-0.05, 0) is 38.1 Å². The van der Waals surface area contributed by atoms with Gasteiger partial charge < -0.3 is 5.32 Å². The van der Waals surface area contributed by atoms with Crippen molar-refractivity contribution >= 4 is 10.8 Å². The lowest BCUT2D eigenvalue weighted by atomic mass is 10.0. The van der Waals surface area contributed by atoms with Gasteiger partial charge >= 0.3 is 0 Å². The lowest BCUT2D eigenvalue weighted by Gasteiger charge is -2.26. The smallest absolute Gasteiger partial charge is 0.0586 e. The van der Waals surface area contributed by atoms with Crippen molar-refractivity contribution < 1.29 is 4.21 Å². The maximum absolute atomic E-state index is 12.9. The second kappa shape index (κ2) is 7.53. The number of nitrogens with one attached hydrogen (secondary N) is 1. The first-order valence-corrected chi connectivity index (χ1v) is 8.58. The molecule has 0 saturated carbocycles. The minimum atomic E-state index is -1.02. The van der Waals surface area contributed by atoms with Gasteiger partial charge in [-0.3, -0.25) is 4.21 Å².